The van der Waals surface area contributed by atoms with E-state index < -0.39 is 0 Å². The third-order valence-electron chi connectivity index (χ3n) is 2.50. The molecule has 0 aromatic carbocycles. The highest BCUT2D eigenvalue weighted by Gasteiger charge is 2.15. The van der Waals surface area contributed by atoms with Crippen molar-refractivity contribution in [3.05, 3.63) is 0 Å². The van der Waals surface area contributed by atoms with Crippen LogP contribution in [0.1, 0.15) is 26.2 Å². The molecule has 0 bridgehead atoms. The fraction of sp³-hybridized carbons (Fsp3) is 1.00. The van der Waals surface area contributed by atoms with Crippen LogP contribution in [0.2, 0.25) is 0 Å². The van der Waals surface area contributed by atoms with E-state index in [2.05, 4.69) is 11.8 Å². The van der Waals surface area contributed by atoms with Gasteiger partial charge >= 0.3 is 0 Å². The molecule has 78 valence electrons. The Bertz CT molecular complexity index is 130. The van der Waals surface area contributed by atoms with Crippen LogP contribution < -0.4 is 5.73 Å². The predicted octanol–water partition coefficient (Wildman–Crippen LogP) is 0.836. The predicted molar refractivity (Wildman–Crippen MR) is 54.8 cm³/mol. The zero-order chi connectivity index (χ0) is 9.52. The van der Waals surface area contributed by atoms with Gasteiger partial charge in [0.2, 0.25) is 0 Å². The Morgan fingerprint density at radius 1 is 1.38 bits per heavy atom. The summed E-state index contributed by atoms with van der Waals surface area (Å²) < 4.78 is 5.47. The van der Waals surface area contributed by atoms with Crippen molar-refractivity contribution in [2.75, 3.05) is 32.8 Å². The quantitative estimate of drug-likeness (QED) is 0.647. The van der Waals surface area contributed by atoms with E-state index in [-0.39, 0.29) is 0 Å². The van der Waals surface area contributed by atoms with Crippen molar-refractivity contribution in [2.45, 2.75) is 32.3 Å². The molecule has 1 unspecified atom stereocenters. The van der Waals surface area contributed by atoms with Gasteiger partial charge in [-0.3, -0.25) is 4.90 Å². The smallest absolute Gasteiger partial charge is 0.0674 e. The minimum absolute atomic E-state index is 0.420. The van der Waals surface area contributed by atoms with Crippen molar-refractivity contribution >= 4 is 0 Å². The average Bonchev–Trinajstić information content (AvgIpc) is 2.13. The minimum Gasteiger partial charge on any atom is -0.376 e. The van der Waals surface area contributed by atoms with Crippen LogP contribution in [0.3, 0.4) is 0 Å². The van der Waals surface area contributed by atoms with E-state index in [0.717, 1.165) is 26.2 Å². The van der Waals surface area contributed by atoms with Crippen molar-refractivity contribution in [1.29, 1.82) is 0 Å². The van der Waals surface area contributed by atoms with Gasteiger partial charge in [0, 0.05) is 13.1 Å². The average molecular weight is 186 g/mol. The number of rotatable bonds is 5. The third-order valence-corrected chi connectivity index (χ3v) is 2.50. The fourth-order valence-electron chi connectivity index (χ4n) is 1.75. The Balaban J connectivity index is 2.00. The Morgan fingerprint density at radius 3 is 2.92 bits per heavy atom. The van der Waals surface area contributed by atoms with Crippen molar-refractivity contribution in [3.8, 4) is 0 Å². The molecule has 0 spiro atoms. The lowest BCUT2D eigenvalue weighted by Gasteiger charge is -2.30. The van der Waals surface area contributed by atoms with Crippen LogP contribution in [0.5, 0.6) is 0 Å². The van der Waals surface area contributed by atoms with E-state index in [1.165, 1.54) is 25.8 Å². The molecule has 1 rings (SSSR count). The first kappa shape index (κ1) is 11.0. The van der Waals surface area contributed by atoms with Crippen LogP contribution in [-0.4, -0.2) is 43.8 Å². The molecule has 1 saturated heterocycles. The topological polar surface area (TPSA) is 38.5 Å². The van der Waals surface area contributed by atoms with Gasteiger partial charge in [0.15, 0.2) is 0 Å². The second kappa shape index (κ2) is 6.35. The van der Waals surface area contributed by atoms with Crippen LogP contribution in [-0.2, 0) is 4.74 Å². The summed E-state index contributed by atoms with van der Waals surface area (Å²) in [5.41, 5.74) is 5.44. The first-order valence-electron chi connectivity index (χ1n) is 5.37. The molecule has 0 aromatic rings. The number of nitrogens with two attached hydrogens (primary N) is 1. The van der Waals surface area contributed by atoms with Gasteiger partial charge in [0.05, 0.1) is 12.7 Å². The van der Waals surface area contributed by atoms with Gasteiger partial charge in [0.1, 0.15) is 0 Å². The number of hydrogen-bond donors (Lipinski definition) is 1. The third kappa shape index (κ3) is 4.60. The van der Waals surface area contributed by atoms with Crippen LogP contribution in [0.4, 0.5) is 0 Å². The minimum atomic E-state index is 0.420. The van der Waals surface area contributed by atoms with Gasteiger partial charge in [-0.25, -0.2) is 0 Å². The second-order valence-corrected chi connectivity index (χ2v) is 3.83. The summed E-state index contributed by atoms with van der Waals surface area (Å²) in [6.07, 6.45) is 4.13. The van der Waals surface area contributed by atoms with Gasteiger partial charge in [-0.1, -0.05) is 6.42 Å². The van der Waals surface area contributed by atoms with Gasteiger partial charge in [-0.15, -0.1) is 0 Å². The molecule has 1 heterocycles. The summed E-state index contributed by atoms with van der Waals surface area (Å²) in [5, 5.41) is 0. The molecule has 0 radical (unpaired) electrons. The van der Waals surface area contributed by atoms with E-state index in [4.69, 9.17) is 10.5 Å². The van der Waals surface area contributed by atoms with Crippen LogP contribution in [0, 0.1) is 0 Å². The van der Waals surface area contributed by atoms with Gasteiger partial charge in [0.25, 0.3) is 0 Å². The number of hydrogen-bond acceptors (Lipinski definition) is 3. The summed E-state index contributed by atoms with van der Waals surface area (Å²) in [5.74, 6) is 0. The molecule has 0 aliphatic carbocycles. The maximum atomic E-state index is 5.47. The molecule has 2 N–H and O–H groups in total. The van der Waals surface area contributed by atoms with E-state index in [0.29, 0.717) is 6.10 Å². The Kier molecular flexibility index (Phi) is 5.35. The molecular formula is C10H22N2O. The highest BCUT2D eigenvalue weighted by molar-refractivity contribution is 4.67. The number of ether oxygens (including phenoxy) is 1. The van der Waals surface area contributed by atoms with Crippen LogP contribution in [0.25, 0.3) is 0 Å². The maximum Gasteiger partial charge on any atom is 0.0674 e. The summed E-state index contributed by atoms with van der Waals surface area (Å²) in [4.78, 5) is 2.49. The number of morpholine rings is 1. The molecule has 0 saturated carbocycles. The molecule has 0 aromatic heterocycles. The van der Waals surface area contributed by atoms with E-state index in [9.17, 15) is 0 Å². The van der Waals surface area contributed by atoms with Crippen molar-refractivity contribution in [3.63, 3.8) is 0 Å². The highest BCUT2D eigenvalue weighted by atomic mass is 16.5. The summed E-state index contributed by atoms with van der Waals surface area (Å²) >= 11 is 0. The zero-order valence-corrected chi connectivity index (χ0v) is 8.67. The molecule has 0 amide bonds. The Labute approximate surface area is 81.2 Å². The Hall–Kier alpha value is -0.120. The molecule has 1 atom stereocenters. The molecule has 1 aliphatic rings. The largest absolute Gasteiger partial charge is 0.376 e. The first-order valence-corrected chi connectivity index (χ1v) is 5.37. The lowest BCUT2D eigenvalue weighted by molar-refractivity contribution is -0.0185. The lowest BCUT2D eigenvalue weighted by Crippen LogP contribution is -2.41. The van der Waals surface area contributed by atoms with Crippen molar-refractivity contribution in [2.24, 2.45) is 5.73 Å². The maximum absolute atomic E-state index is 5.47. The zero-order valence-electron chi connectivity index (χ0n) is 8.67. The molecule has 1 fully saturated rings. The number of nitrogens with zero attached hydrogens (tertiary/aromatic N) is 1. The lowest BCUT2D eigenvalue weighted by atomic mass is 10.2. The van der Waals surface area contributed by atoms with Crippen molar-refractivity contribution in [1.82, 2.24) is 4.90 Å². The second-order valence-electron chi connectivity index (χ2n) is 3.83. The Morgan fingerprint density at radius 2 is 2.23 bits per heavy atom. The molecule has 13 heavy (non-hydrogen) atoms. The first-order chi connectivity index (χ1) is 6.33. The van der Waals surface area contributed by atoms with E-state index in [1.54, 1.807) is 0 Å². The summed E-state index contributed by atoms with van der Waals surface area (Å²) in [7, 11) is 0. The van der Waals surface area contributed by atoms with E-state index >= 15 is 0 Å². The summed E-state index contributed by atoms with van der Waals surface area (Å²) in [6.45, 7) is 7.30. The SMILES string of the molecule is CC1CN(CCCCCN)CCO1. The summed E-state index contributed by atoms with van der Waals surface area (Å²) in [6, 6.07) is 0. The van der Waals surface area contributed by atoms with Gasteiger partial charge in [-0.2, -0.15) is 0 Å². The normalized spacial score (nSPS) is 24.9. The molecule has 3 nitrogen and oxygen atoms in total. The molecular weight excluding hydrogens is 164 g/mol. The monoisotopic (exact) mass is 186 g/mol. The van der Waals surface area contributed by atoms with Crippen LogP contribution >= 0.6 is 0 Å². The molecule has 1 aliphatic heterocycles. The standard InChI is InChI=1S/C10H22N2O/c1-10-9-12(7-8-13-10)6-4-2-3-5-11/h10H,2-9,11H2,1H3. The fourth-order valence-corrected chi connectivity index (χ4v) is 1.75. The highest BCUT2D eigenvalue weighted by Crippen LogP contribution is 2.06. The van der Waals surface area contributed by atoms with Crippen LogP contribution in [0.15, 0.2) is 0 Å². The van der Waals surface area contributed by atoms with Gasteiger partial charge < -0.3 is 10.5 Å². The van der Waals surface area contributed by atoms with Gasteiger partial charge in [-0.05, 0) is 32.9 Å². The molecule has 3 heteroatoms. The number of unbranched alkanes of at least 4 members (excludes halogenated alkanes) is 2. The van der Waals surface area contributed by atoms with E-state index in [1.807, 2.05) is 0 Å². The van der Waals surface area contributed by atoms with Crippen molar-refractivity contribution < 1.29 is 4.74 Å².